The van der Waals surface area contributed by atoms with Crippen LogP contribution in [0.1, 0.15) is 22.8 Å². The Bertz CT molecular complexity index is 611. The molecule has 0 aliphatic heterocycles. The Morgan fingerprint density at radius 2 is 2.00 bits per heavy atom. The number of nitrogens with two attached hydrogens (primary N) is 1. The molecule has 0 heterocycles. The molecule has 4 nitrogen and oxygen atoms in total. The molecular formula is C17H20N2O2. The lowest BCUT2D eigenvalue weighted by Crippen LogP contribution is -2.14. The third-order valence-corrected chi connectivity index (χ3v) is 3.12. The first-order valence-electron chi connectivity index (χ1n) is 7.06. The molecule has 0 bridgehead atoms. The monoisotopic (exact) mass is 284 g/mol. The summed E-state index contributed by atoms with van der Waals surface area (Å²) in [6, 6.07) is 14.9. The van der Waals surface area contributed by atoms with Gasteiger partial charge in [-0.1, -0.05) is 31.2 Å². The van der Waals surface area contributed by atoms with Gasteiger partial charge in [0.25, 0.3) is 5.91 Å². The largest absolute Gasteiger partial charge is 0.492 e. The second-order valence-corrected chi connectivity index (χ2v) is 4.63. The molecule has 2 aromatic carbocycles. The van der Waals surface area contributed by atoms with Gasteiger partial charge in [-0.3, -0.25) is 4.79 Å². The highest BCUT2D eigenvalue weighted by Gasteiger charge is 2.10. The highest BCUT2D eigenvalue weighted by molar-refractivity contribution is 6.05. The van der Waals surface area contributed by atoms with Crippen LogP contribution in [0.15, 0.2) is 48.5 Å². The van der Waals surface area contributed by atoms with E-state index in [4.69, 9.17) is 10.5 Å². The van der Waals surface area contributed by atoms with E-state index in [1.165, 1.54) is 0 Å². The van der Waals surface area contributed by atoms with Gasteiger partial charge in [0.15, 0.2) is 0 Å². The number of hydrogen-bond donors (Lipinski definition) is 2. The van der Waals surface area contributed by atoms with E-state index in [1.54, 1.807) is 6.07 Å². The van der Waals surface area contributed by atoms with Gasteiger partial charge in [-0.25, -0.2) is 0 Å². The lowest BCUT2D eigenvalue weighted by molar-refractivity contribution is 0.102. The van der Waals surface area contributed by atoms with Crippen LogP contribution in [0.3, 0.4) is 0 Å². The van der Waals surface area contributed by atoms with Crippen molar-refractivity contribution in [2.45, 2.75) is 13.3 Å². The fourth-order valence-electron chi connectivity index (χ4n) is 2.09. The molecule has 0 spiro atoms. The maximum absolute atomic E-state index is 12.3. The van der Waals surface area contributed by atoms with Crippen molar-refractivity contribution in [3.05, 3.63) is 59.7 Å². The SMILES string of the molecule is CCc1ccccc1C(=O)Nc1cccc(OCCN)c1. The number of benzene rings is 2. The summed E-state index contributed by atoms with van der Waals surface area (Å²) in [5, 5.41) is 2.90. The molecule has 4 heteroatoms. The number of carbonyl (C=O) groups excluding carboxylic acids is 1. The highest BCUT2D eigenvalue weighted by Crippen LogP contribution is 2.19. The average Bonchev–Trinajstić information content (AvgIpc) is 2.53. The molecule has 1 amide bonds. The van der Waals surface area contributed by atoms with Crippen LogP contribution in [-0.4, -0.2) is 19.1 Å². The third kappa shape index (κ3) is 4.07. The van der Waals surface area contributed by atoms with Crippen LogP contribution in [0.2, 0.25) is 0 Å². The van der Waals surface area contributed by atoms with E-state index in [1.807, 2.05) is 49.4 Å². The van der Waals surface area contributed by atoms with Crippen LogP contribution < -0.4 is 15.8 Å². The molecule has 0 aromatic heterocycles. The van der Waals surface area contributed by atoms with Crippen LogP contribution in [0.25, 0.3) is 0 Å². The number of hydrogen-bond acceptors (Lipinski definition) is 3. The second kappa shape index (κ2) is 7.45. The zero-order chi connectivity index (χ0) is 15.1. The van der Waals surface area contributed by atoms with E-state index in [2.05, 4.69) is 5.32 Å². The number of aryl methyl sites for hydroxylation is 1. The van der Waals surface area contributed by atoms with E-state index in [-0.39, 0.29) is 5.91 Å². The molecule has 0 atom stereocenters. The summed E-state index contributed by atoms with van der Waals surface area (Å²) in [4.78, 5) is 12.3. The number of ether oxygens (including phenoxy) is 1. The standard InChI is InChI=1S/C17H20N2O2/c1-2-13-6-3-4-9-16(13)17(20)19-14-7-5-8-15(12-14)21-11-10-18/h3-9,12H,2,10-11,18H2,1H3,(H,19,20). The van der Waals surface area contributed by atoms with Gasteiger partial charge in [0.2, 0.25) is 0 Å². The first-order chi connectivity index (χ1) is 10.2. The molecule has 0 aliphatic rings. The quantitative estimate of drug-likeness (QED) is 0.857. The van der Waals surface area contributed by atoms with Crippen molar-refractivity contribution in [3.63, 3.8) is 0 Å². The fraction of sp³-hybridized carbons (Fsp3) is 0.235. The molecule has 2 aromatic rings. The Morgan fingerprint density at radius 3 is 2.76 bits per heavy atom. The van der Waals surface area contributed by atoms with E-state index < -0.39 is 0 Å². The van der Waals surface area contributed by atoms with Crippen molar-refractivity contribution in [3.8, 4) is 5.75 Å². The van der Waals surface area contributed by atoms with Crippen molar-refractivity contribution in [1.29, 1.82) is 0 Å². The lowest BCUT2D eigenvalue weighted by Gasteiger charge is -2.10. The van der Waals surface area contributed by atoms with Crippen LogP contribution in [0.5, 0.6) is 5.75 Å². The second-order valence-electron chi connectivity index (χ2n) is 4.63. The van der Waals surface area contributed by atoms with E-state index in [0.717, 1.165) is 12.0 Å². The van der Waals surface area contributed by atoms with E-state index >= 15 is 0 Å². The minimum Gasteiger partial charge on any atom is -0.492 e. The summed E-state index contributed by atoms with van der Waals surface area (Å²) in [6.45, 7) is 2.95. The molecule has 21 heavy (non-hydrogen) atoms. The summed E-state index contributed by atoms with van der Waals surface area (Å²) in [5.41, 5.74) is 7.85. The van der Waals surface area contributed by atoms with Crippen molar-refractivity contribution >= 4 is 11.6 Å². The Balaban J connectivity index is 2.12. The lowest BCUT2D eigenvalue weighted by atomic mass is 10.0. The summed E-state index contributed by atoms with van der Waals surface area (Å²) >= 11 is 0. The van der Waals surface area contributed by atoms with Gasteiger partial charge in [-0.15, -0.1) is 0 Å². The molecule has 0 aliphatic carbocycles. The predicted octanol–water partition coefficient (Wildman–Crippen LogP) is 2.84. The molecule has 0 saturated carbocycles. The fourth-order valence-corrected chi connectivity index (χ4v) is 2.09. The molecular weight excluding hydrogens is 264 g/mol. The predicted molar refractivity (Wildman–Crippen MR) is 84.8 cm³/mol. The molecule has 2 rings (SSSR count). The van der Waals surface area contributed by atoms with Crippen LogP contribution in [-0.2, 0) is 6.42 Å². The molecule has 0 fully saturated rings. The number of amides is 1. The van der Waals surface area contributed by atoms with Gasteiger partial charge in [-0.05, 0) is 30.2 Å². The van der Waals surface area contributed by atoms with Gasteiger partial charge in [0.05, 0.1) is 0 Å². The Hall–Kier alpha value is -2.33. The molecule has 110 valence electrons. The average molecular weight is 284 g/mol. The normalized spacial score (nSPS) is 10.2. The topological polar surface area (TPSA) is 64.3 Å². The van der Waals surface area contributed by atoms with Gasteiger partial charge in [0, 0.05) is 23.9 Å². The van der Waals surface area contributed by atoms with Crippen molar-refractivity contribution in [2.24, 2.45) is 5.73 Å². The van der Waals surface area contributed by atoms with E-state index in [9.17, 15) is 4.79 Å². The Kier molecular flexibility index (Phi) is 5.35. The smallest absolute Gasteiger partial charge is 0.255 e. The molecule has 0 unspecified atom stereocenters. The zero-order valence-electron chi connectivity index (χ0n) is 12.1. The minimum atomic E-state index is -0.108. The number of nitrogens with one attached hydrogen (secondary N) is 1. The van der Waals surface area contributed by atoms with Crippen molar-refractivity contribution < 1.29 is 9.53 Å². The summed E-state index contributed by atoms with van der Waals surface area (Å²) in [7, 11) is 0. The van der Waals surface area contributed by atoms with Crippen molar-refractivity contribution in [2.75, 3.05) is 18.5 Å². The highest BCUT2D eigenvalue weighted by atomic mass is 16.5. The summed E-state index contributed by atoms with van der Waals surface area (Å²) in [6.07, 6.45) is 0.823. The minimum absolute atomic E-state index is 0.108. The first-order valence-corrected chi connectivity index (χ1v) is 7.06. The first kappa shape index (κ1) is 15.1. The maximum Gasteiger partial charge on any atom is 0.255 e. The Labute approximate surface area is 124 Å². The number of carbonyl (C=O) groups is 1. The van der Waals surface area contributed by atoms with Gasteiger partial charge in [-0.2, -0.15) is 0 Å². The Morgan fingerprint density at radius 1 is 1.19 bits per heavy atom. The van der Waals surface area contributed by atoms with Crippen molar-refractivity contribution in [1.82, 2.24) is 0 Å². The van der Waals surface area contributed by atoms with Gasteiger partial charge >= 0.3 is 0 Å². The summed E-state index contributed by atoms with van der Waals surface area (Å²) in [5.74, 6) is 0.588. The molecule has 0 saturated heterocycles. The summed E-state index contributed by atoms with van der Waals surface area (Å²) < 4.78 is 5.45. The van der Waals surface area contributed by atoms with Crippen LogP contribution in [0.4, 0.5) is 5.69 Å². The van der Waals surface area contributed by atoms with Crippen LogP contribution in [0, 0.1) is 0 Å². The van der Waals surface area contributed by atoms with E-state index in [0.29, 0.717) is 30.2 Å². The van der Waals surface area contributed by atoms with Crippen LogP contribution >= 0.6 is 0 Å². The van der Waals surface area contributed by atoms with Gasteiger partial charge in [0.1, 0.15) is 12.4 Å². The molecule has 0 radical (unpaired) electrons. The third-order valence-electron chi connectivity index (χ3n) is 3.12. The number of anilines is 1. The van der Waals surface area contributed by atoms with Gasteiger partial charge < -0.3 is 15.8 Å². The maximum atomic E-state index is 12.3. The number of rotatable bonds is 6. The molecule has 3 N–H and O–H groups in total. The zero-order valence-corrected chi connectivity index (χ0v) is 12.1.